The maximum Gasteiger partial charge on any atom is 0.132 e. The Labute approximate surface area is 124 Å². The number of aliphatic hydroxyl groups is 1. The van der Waals surface area contributed by atoms with Crippen LogP contribution in [-0.2, 0) is 6.54 Å². The third-order valence-corrected chi connectivity index (χ3v) is 5.08. The Kier molecular flexibility index (Phi) is 4.48. The van der Waals surface area contributed by atoms with Crippen LogP contribution in [0.3, 0.4) is 0 Å². The number of thiophene rings is 1. The van der Waals surface area contributed by atoms with Crippen LogP contribution in [0.1, 0.15) is 35.6 Å². The Balaban J connectivity index is 2.42. The summed E-state index contributed by atoms with van der Waals surface area (Å²) < 4.78 is 2.63. The molecule has 1 atom stereocenters. The lowest BCUT2D eigenvalue weighted by molar-refractivity contribution is 0.210. The van der Waals surface area contributed by atoms with Crippen molar-refractivity contribution in [1.29, 1.82) is 0 Å². The summed E-state index contributed by atoms with van der Waals surface area (Å²) in [5.74, 6) is 0. The molecule has 18 heavy (non-hydrogen) atoms. The molecule has 2 aromatic heterocycles. The van der Waals surface area contributed by atoms with Gasteiger partial charge in [-0.1, -0.05) is 18.5 Å². The minimum atomic E-state index is -0.736. The Morgan fingerprint density at radius 2 is 2.33 bits per heavy atom. The summed E-state index contributed by atoms with van der Waals surface area (Å²) in [6.07, 6.45) is 1.94. The van der Waals surface area contributed by atoms with Gasteiger partial charge in [-0.25, -0.2) is 0 Å². The molecule has 0 spiro atoms. The number of aromatic nitrogens is 2. The van der Waals surface area contributed by atoms with Crippen LogP contribution in [0.15, 0.2) is 16.0 Å². The summed E-state index contributed by atoms with van der Waals surface area (Å²) in [4.78, 5) is 0.771. The minimum Gasteiger partial charge on any atom is -0.381 e. The molecule has 0 aliphatic carbocycles. The maximum absolute atomic E-state index is 10.5. The van der Waals surface area contributed by atoms with Crippen molar-refractivity contribution in [2.24, 2.45) is 0 Å². The van der Waals surface area contributed by atoms with Crippen LogP contribution in [0.5, 0.6) is 0 Å². The van der Waals surface area contributed by atoms with Gasteiger partial charge in [0.1, 0.15) is 6.10 Å². The van der Waals surface area contributed by atoms with Gasteiger partial charge in [-0.15, -0.1) is 11.3 Å². The highest BCUT2D eigenvalue weighted by Gasteiger charge is 2.23. The molecule has 0 saturated heterocycles. The first-order chi connectivity index (χ1) is 8.56. The van der Waals surface area contributed by atoms with Gasteiger partial charge in [0.2, 0.25) is 0 Å². The molecule has 0 saturated carbocycles. The average molecular weight is 350 g/mol. The zero-order valence-electron chi connectivity index (χ0n) is 10.2. The zero-order chi connectivity index (χ0) is 13.3. The molecule has 0 bridgehead atoms. The normalized spacial score (nSPS) is 12.9. The summed E-state index contributed by atoms with van der Waals surface area (Å²) in [5, 5.41) is 17.4. The summed E-state index contributed by atoms with van der Waals surface area (Å²) >= 11 is 11.1. The van der Waals surface area contributed by atoms with E-state index in [9.17, 15) is 5.11 Å². The highest BCUT2D eigenvalue weighted by atomic mass is 79.9. The van der Waals surface area contributed by atoms with Gasteiger partial charge in [-0.05, 0) is 40.2 Å². The first kappa shape index (κ1) is 14.1. The molecule has 2 heterocycles. The Morgan fingerprint density at radius 3 is 2.89 bits per heavy atom. The van der Waals surface area contributed by atoms with E-state index in [1.54, 1.807) is 6.20 Å². The first-order valence-corrected chi connectivity index (χ1v) is 7.74. The fourth-order valence-electron chi connectivity index (χ4n) is 1.79. The highest BCUT2D eigenvalue weighted by molar-refractivity contribution is 9.10. The van der Waals surface area contributed by atoms with Gasteiger partial charge >= 0.3 is 0 Å². The van der Waals surface area contributed by atoms with Gasteiger partial charge in [0, 0.05) is 6.54 Å². The lowest BCUT2D eigenvalue weighted by Crippen LogP contribution is -2.10. The van der Waals surface area contributed by atoms with E-state index < -0.39 is 6.10 Å². The number of hydrogen-bond donors (Lipinski definition) is 1. The van der Waals surface area contributed by atoms with Crippen molar-refractivity contribution in [1.82, 2.24) is 9.78 Å². The fourth-order valence-corrected chi connectivity index (χ4v) is 3.59. The van der Waals surface area contributed by atoms with Gasteiger partial charge < -0.3 is 5.11 Å². The van der Waals surface area contributed by atoms with Crippen molar-refractivity contribution in [3.05, 3.63) is 37.2 Å². The summed E-state index contributed by atoms with van der Waals surface area (Å²) in [6.45, 7) is 4.79. The summed E-state index contributed by atoms with van der Waals surface area (Å²) in [6, 6.07) is 0. The van der Waals surface area contributed by atoms with Gasteiger partial charge in [-0.3, -0.25) is 4.68 Å². The second-order valence-corrected chi connectivity index (χ2v) is 6.24. The molecule has 1 unspecified atom stereocenters. The van der Waals surface area contributed by atoms with Crippen molar-refractivity contribution in [3.63, 3.8) is 0 Å². The second-order valence-electron chi connectivity index (χ2n) is 4.10. The molecule has 98 valence electrons. The summed E-state index contributed by atoms with van der Waals surface area (Å²) in [5.41, 5.74) is 1.76. The van der Waals surface area contributed by atoms with Crippen LogP contribution in [0.25, 0.3) is 0 Å². The fraction of sp³-hybridized carbons (Fsp3) is 0.417. The Morgan fingerprint density at radius 1 is 1.61 bits per heavy atom. The number of rotatable bonds is 4. The SMILES string of the molecule is CCCn1ncc(Br)c1C(O)c1scc(C)c1Cl. The lowest BCUT2D eigenvalue weighted by atomic mass is 10.2. The number of aliphatic hydroxyl groups excluding tert-OH is 1. The molecule has 0 radical (unpaired) electrons. The second kappa shape index (κ2) is 5.74. The highest BCUT2D eigenvalue weighted by Crippen LogP contribution is 2.37. The molecule has 0 aromatic carbocycles. The van der Waals surface area contributed by atoms with Crippen LogP contribution < -0.4 is 0 Å². The number of aryl methyl sites for hydroxylation is 2. The predicted octanol–water partition coefficient (Wildman–Crippen LogP) is 4.16. The first-order valence-electron chi connectivity index (χ1n) is 5.69. The van der Waals surface area contributed by atoms with E-state index in [0.717, 1.165) is 33.6 Å². The van der Waals surface area contributed by atoms with Crippen LogP contribution in [-0.4, -0.2) is 14.9 Å². The molecular formula is C12H14BrClN2OS. The smallest absolute Gasteiger partial charge is 0.132 e. The zero-order valence-corrected chi connectivity index (χ0v) is 13.3. The van der Waals surface area contributed by atoms with E-state index in [1.807, 2.05) is 17.0 Å². The van der Waals surface area contributed by atoms with E-state index in [-0.39, 0.29) is 0 Å². The molecule has 3 nitrogen and oxygen atoms in total. The third-order valence-electron chi connectivity index (χ3n) is 2.70. The van der Waals surface area contributed by atoms with Crippen molar-refractivity contribution in [2.45, 2.75) is 32.9 Å². The lowest BCUT2D eigenvalue weighted by Gasteiger charge is -2.13. The molecule has 0 aliphatic heterocycles. The maximum atomic E-state index is 10.5. The molecular weight excluding hydrogens is 336 g/mol. The monoisotopic (exact) mass is 348 g/mol. The van der Waals surface area contributed by atoms with Gasteiger partial charge in [-0.2, -0.15) is 5.10 Å². The largest absolute Gasteiger partial charge is 0.381 e. The standard InChI is InChI=1S/C12H14BrClN2OS/c1-3-4-16-10(8(13)5-15-16)11(17)12-9(14)7(2)6-18-12/h5-6,11,17H,3-4H2,1-2H3. The molecule has 1 N–H and O–H groups in total. The van der Waals surface area contributed by atoms with Crippen molar-refractivity contribution in [3.8, 4) is 0 Å². The van der Waals surface area contributed by atoms with Gasteiger partial charge in [0.25, 0.3) is 0 Å². The number of hydrogen-bond acceptors (Lipinski definition) is 3. The van der Waals surface area contributed by atoms with Crippen molar-refractivity contribution in [2.75, 3.05) is 0 Å². The molecule has 2 aromatic rings. The third kappa shape index (κ3) is 2.50. The van der Waals surface area contributed by atoms with Crippen LogP contribution in [0.2, 0.25) is 5.02 Å². The molecule has 6 heteroatoms. The summed E-state index contributed by atoms with van der Waals surface area (Å²) in [7, 11) is 0. The number of nitrogens with zero attached hydrogens (tertiary/aromatic N) is 2. The minimum absolute atomic E-state index is 0.642. The van der Waals surface area contributed by atoms with Crippen LogP contribution in [0, 0.1) is 6.92 Å². The molecule has 0 amide bonds. The van der Waals surface area contributed by atoms with E-state index >= 15 is 0 Å². The van der Waals surface area contributed by atoms with E-state index in [0.29, 0.717) is 5.02 Å². The topological polar surface area (TPSA) is 38.0 Å². The number of halogens is 2. The van der Waals surface area contributed by atoms with Crippen molar-refractivity contribution >= 4 is 38.9 Å². The molecule has 2 rings (SSSR count). The predicted molar refractivity (Wildman–Crippen MR) is 78.3 cm³/mol. The molecule has 0 aliphatic rings. The van der Waals surface area contributed by atoms with E-state index in [4.69, 9.17) is 11.6 Å². The molecule has 0 fully saturated rings. The average Bonchev–Trinajstić information content (AvgIpc) is 2.85. The van der Waals surface area contributed by atoms with E-state index in [1.165, 1.54) is 11.3 Å². The quantitative estimate of drug-likeness (QED) is 0.900. The Bertz CT molecular complexity index is 552. The van der Waals surface area contributed by atoms with Crippen LogP contribution >= 0.6 is 38.9 Å². The van der Waals surface area contributed by atoms with Gasteiger partial charge in [0.05, 0.1) is 26.3 Å². The van der Waals surface area contributed by atoms with Gasteiger partial charge in [0.15, 0.2) is 0 Å². The van der Waals surface area contributed by atoms with Crippen molar-refractivity contribution < 1.29 is 5.11 Å². The van der Waals surface area contributed by atoms with Crippen LogP contribution in [0.4, 0.5) is 0 Å². The Hall–Kier alpha value is -0.360. The van der Waals surface area contributed by atoms with E-state index in [2.05, 4.69) is 28.0 Å².